The predicted molar refractivity (Wildman–Crippen MR) is 48.3 cm³/mol. The van der Waals surface area contributed by atoms with Crippen LogP contribution < -0.4 is 5.73 Å². The molecule has 1 rings (SSSR count). The minimum Gasteiger partial charge on any atom is -0.392 e. The van der Waals surface area contributed by atoms with Gasteiger partial charge in [-0.25, -0.2) is 0 Å². The van der Waals surface area contributed by atoms with Crippen LogP contribution in [0.5, 0.6) is 0 Å². The molecule has 0 aliphatic carbocycles. The first-order chi connectivity index (χ1) is 4.01. The molecular weight excluding hydrogens is 166 g/mol. The van der Waals surface area contributed by atoms with Crippen molar-refractivity contribution in [2.24, 2.45) is 5.73 Å². The van der Waals surface area contributed by atoms with Gasteiger partial charge in [0.2, 0.25) is 0 Å². The van der Waals surface area contributed by atoms with Gasteiger partial charge in [-0.05, 0) is 12.1 Å². The van der Waals surface area contributed by atoms with E-state index in [4.69, 9.17) is 5.73 Å². The van der Waals surface area contributed by atoms with Crippen LogP contribution in [0.3, 0.4) is 0 Å². The summed E-state index contributed by atoms with van der Waals surface area (Å²) in [5, 5.41) is 9.24. The van der Waals surface area contributed by atoms with E-state index in [0.29, 0.717) is 0 Å². The molecule has 3 N–H and O–H groups in total. The fourth-order valence-electron chi connectivity index (χ4n) is 1.57. The maximum atomic E-state index is 9.24. The fourth-order valence-corrected chi connectivity index (χ4v) is 4.72. The van der Waals surface area contributed by atoms with Crippen LogP contribution in [-0.2, 0) is 0 Å². The first kappa shape index (κ1) is 10.4. The SMILES string of the molecule is C[Si]1(C)C[C@H](N)[C@@H](O)C1.Cl. The molecule has 62 valence electrons. The summed E-state index contributed by atoms with van der Waals surface area (Å²) in [6, 6.07) is 2.16. The van der Waals surface area contributed by atoms with Crippen molar-refractivity contribution in [1.29, 1.82) is 0 Å². The van der Waals surface area contributed by atoms with Crippen molar-refractivity contribution in [1.82, 2.24) is 0 Å². The minimum absolute atomic E-state index is 0. The molecule has 0 aromatic heterocycles. The van der Waals surface area contributed by atoms with Gasteiger partial charge >= 0.3 is 0 Å². The summed E-state index contributed by atoms with van der Waals surface area (Å²) in [5.74, 6) is 0. The number of hydrogen-bond acceptors (Lipinski definition) is 2. The summed E-state index contributed by atoms with van der Waals surface area (Å²) >= 11 is 0. The summed E-state index contributed by atoms with van der Waals surface area (Å²) in [4.78, 5) is 0. The molecule has 0 saturated carbocycles. The normalized spacial score (nSPS) is 37.2. The van der Waals surface area contributed by atoms with Gasteiger partial charge in [0.25, 0.3) is 0 Å². The van der Waals surface area contributed by atoms with E-state index in [1.54, 1.807) is 0 Å². The Hall–Kier alpha value is 0.427. The first-order valence-electron chi connectivity index (χ1n) is 3.45. The van der Waals surface area contributed by atoms with E-state index in [0.717, 1.165) is 12.1 Å². The maximum absolute atomic E-state index is 9.24. The second kappa shape index (κ2) is 3.22. The van der Waals surface area contributed by atoms with E-state index in [1.807, 2.05) is 0 Å². The average Bonchev–Trinajstić information content (AvgIpc) is 1.79. The Balaban J connectivity index is 0.000000810. The van der Waals surface area contributed by atoms with E-state index in [2.05, 4.69) is 13.1 Å². The topological polar surface area (TPSA) is 46.2 Å². The Morgan fingerprint density at radius 1 is 1.40 bits per heavy atom. The van der Waals surface area contributed by atoms with E-state index < -0.39 is 8.07 Å². The minimum atomic E-state index is -1.04. The van der Waals surface area contributed by atoms with Gasteiger partial charge < -0.3 is 10.8 Å². The molecule has 10 heavy (non-hydrogen) atoms. The molecule has 0 aromatic carbocycles. The van der Waals surface area contributed by atoms with Crippen molar-refractivity contribution in [3.63, 3.8) is 0 Å². The second-order valence-electron chi connectivity index (χ2n) is 3.80. The molecule has 1 aliphatic heterocycles. The smallest absolute Gasteiger partial charge is 0.0665 e. The zero-order valence-corrected chi connectivity index (χ0v) is 8.32. The quantitative estimate of drug-likeness (QED) is 0.544. The summed E-state index contributed by atoms with van der Waals surface area (Å²) < 4.78 is 0. The van der Waals surface area contributed by atoms with Gasteiger partial charge in [0.05, 0.1) is 14.2 Å². The second-order valence-corrected chi connectivity index (χ2v) is 8.95. The Labute approximate surface area is 69.2 Å². The Morgan fingerprint density at radius 2 is 1.90 bits per heavy atom. The summed E-state index contributed by atoms with van der Waals surface area (Å²) in [7, 11) is -1.04. The summed E-state index contributed by atoms with van der Waals surface area (Å²) in [5.41, 5.74) is 5.64. The van der Waals surface area contributed by atoms with Crippen LogP contribution in [0.2, 0.25) is 25.2 Å². The highest BCUT2D eigenvalue weighted by Gasteiger charge is 2.37. The van der Waals surface area contributed by atoms with E-state index in [-0.39, 0.29) is 24.6 Å². The standard InChI is InChI=1S/C6H15NOSi.ClH/c1-9(2)3-5(7)6(8)4-9;/h5-6,8H,3-4,7H2,1-2H3;1H/t5-,6-;/m0./s1. The molecule has 0 spiro atoms. The highest BCUT2D eigenvalue weighted by molar-refractivity contribution is 6.78. The van der Waals surface area contributed by atoms with Crippen LogP contribution in [0.1, 0.15) is 0 Å². The van der Waals surface area contributed by atoms with Crippen LogP contribution in [-0.4, -0.2) is 25.3 Å². The van der Waals surface area contributed by atoms with Crippen LogP contribution in [0.25, 0.3) is 0 Å². The Bertz CT molecular complexity index is 108. The van der Waals surface area contributed by atoms with Crippen molar-refractivity contribution in [3.05, 3.63) is 0 Å². The molecule has 2 atom stereocenters. The van der Waals surface area contributed by atoms with Crippen LogP contribution in [0.15, 0.2) is 0 Å². The molecule has 0 aromatic rings. The highest BCUT2D eigenvalue weighted by atomic mass is 35.5. The molecule has 2 nitrogen and oxygen atoms in total. The lowest BCUT2D eigenvalue weighted by Crippen LogP contribution is -2.28. The summed E-state index contributed by atoms with van der Waals surface area (Å²) in [6.45, 7) is 4.56. The molecule has 1 saturated heterocycles. The van der Waals surface area contributed by atoms with E-state index in [1.165, 1.54) is 0 Å². The van der Waals surface area contributed by atoms with E-state index >= 15 is 0 Å². The lowest BCUT2D eigenvalue weighted by molar-refractivity contribution is 0.180. The Morgan fingerprint density at radius 3 is 2.00 bits per heavy atom. The third-order valence-corrected chi connectivity index (χ3v) is 5.14. The van der Waals surface area contributed by atoms with Crippen molar-refractivity contribution in [2.75, 3.05) is 0 Å². The Kier molecular flexibility index (Phi) is 3.35. The number of hydrogen-bond donors (Lipinski definition) is 2. The van der Waals surface area contributed by atoms with E-state index in [9.17, 15) is 5.11 Å². The average molecular weight is 182 g/mol. The molecule has 0 amide bonds. The molecule has 0 unspecified atom stereocenters. The van der Waals surface area contributed by atoms with Gasteiger partial charge in [-0.1, -0.05) is 13.1 Å². The molecule has 1 heterocycles. The highest BCUT2D eigenvalue weighted by Crippen LogP contribution is 2.28. The van der Waals surface area contributed by atoms with Gasteiger partial charge in [0.1, 0.15) is 0 Å². The molecule has 0 bridgehead atoms. The van der Waals surface area contributed by atoms with Crippen molar-refractivity contribution in [3.8, 4) is 0 Å². The van der Waals surface area contributed by atoms with Gasteiger partial charge in [0.15, 0.2) is 0 Å². The molecule has 1 aliphatic rings. The number of rotatable bonds is 0. The third-order valence-electron chi connectivity index (χ3n) is 2.04. The van der Waals surface area contributed by atoms with Gasteiger partial charge in [-0.15, -0.1) is 12.4 Å². The van der Waals surface area contributed by atoms with Crippen molar-refractivity contribution in [2.45, 2.75) is 37.3 Å². The van der Waals surface area contributed by atoms with Crippen molar-refractivity contribution >= 4 is 20.5 Å². The molecule has 0 radical (unpaired) electrons. The van der Waals surface area contributed by atoms with Crippen LogP contribution in [0, 0.1) is 0 Å². The first-order valence-corrected chi connectivity index (χ1v) is 6.86. The zero-order chi connectivity index (χ0) is 7.07. The van der Waals surface area contributed by atoms with Crippen LogP contribution in [0.4, 0.5) is 0 Å². The third kappa shape index (κ3) is 2.23. The number of nitrogens with two attached hydrogens (primary N) is 1. The summed E-state index contributed by atoms with van der Waals surface area (Å²) in [6.07, 6.45) is -0.202. The zero-order valence-electron chi connectivity index (χ0n) is 6.50. The van der Waals surface area contributed by atoms with Gasteiger partial charge in [-0.2, -0.15) is 0 Å². The number of aliphatic hydroxyl groups excluding tert-OH is 1. The van der Waals surface area contributed by atoms with Crippen molar-refractivity contribution < 1.29 is 5.11 Å². The lowest BCUT2D eigenvalue weighted by atomic mass is 10.2. The largest absolute Gasteiger partial charge is 0.392 e. The lowest BCUT2D eigenvalue weighted by Gasteiger charge is -2.11. The fraction of sp³-hybridized carbons (Fsp3) is 1.00. The molecule has 1 fully saturated rings. The molecular formula is C6H16ClNOSi. The van der Waals surface area contributed by atoms with Crippen LogP contribution >= 0.6 is 12.4 Å². The van der Waals surface area contributed by atoms with Gasteiger partial charge in [-0.3, -0.25) is 0 Å². The number of halogens is 1. The number of aliphatic hydroxyl groups is 1. The molecule has 4 heteroatoms. The maximum Gasteiger partial charge on any atom is 0.0665 e. The monoisotopic (exact) mass is 181 g/mol. The predicted octanol–water partition coefficient (Wildman–Crippen LogP) is 0.818. The van der Waals surface area contributed by atoms with Gasteiger partial charge in [0, 0.05) is 6.04 Å².